The van der Waals surface area contributed by atoms with Gasteiger partial charge >= 0.3 is 12.4 Å². The summed E-state index contributed by atoms with van der Waals surface area (Å²) in [6.45, 7) is 0.0405. The second kappa shape index (κ2) is 10.2. The number of carbonyl (C=O) groups excluding carboxylic acids is 2. The lowest BCUT2D eigenvalue weighted by Gasteiger charge is -2.40. The molecule has 0 aliphatic carbocycles. The summed E-state index contributed by atoms with van der Waals surface area (Å²) in [6.07, 6.45) is -13.2. The Hall–Kier alpha value is -3.40. The van der Waals surface area contributed by atoms with Crippen LogP contribution in [0.3, 0.4) is 0 Å². The third-order valence-corrected chi connectivity index (χ3v) is 8.69. The normalized spacial score (nSPS) is 18.8. The lowest BCUT2D eigenvalue weighted by Crippen LogP contribution is -2.54. The summed E-state index contributed by atoms with van der Waals surface area (Å²) in [7, 11) is -4.62. The number of nitrogens with zero attached hydrogens (tertiary/aromatic N) is 2. The van der Waals surface area contributed by atoms with Gasteiger partial charge < -0.3 is 15.3 Å². The van der Waals surface area contributed by atoms with Gasteiger partial charge in [-0.3, -0.25) is 13.9 Å². The van der Waals surface area contributed by atoms with Gasteiger partial charge in [-0.05, 0) is 48.7 Å². The predicted molar refractivity (Wildman–Crippen MR) is 125 cm³/mol. The van der Waals surface area contributed by atoms with E-state index in [2.05, 4.69) is 5.32 Å². The van der Waals surface area contributed by atoms with E-state index in [1.807, 2.05) is 0 Å². The SMILES string of the molecule is O=C1CN(C(=O)CC2CCc3cc(C(O)(C(F)(F)F)C(F)(F)F)ccc3N2S(=O)(=O)c2ccc(F)cc2)CCN1. The summed E-state index contributed by atoms with van der Waals surface area (Å²) < 4.78 is 122. The molecule has 1 unspecified atom stereocenters. The number of amides is 2. The summed E-state index contributed by atoms with van der Waals surface area (Å²) in [6, 6.07) is 3.87. The second-order valence-corrected chi connectivity index (χ2v) is 11.2. The van der Waals surface area contributed by atoms with Crippen LogP contribution in [0.4, 0.5) is 36.4 Å². The van der Waals surface area contributed by atoms with E-state index in [0.29, 0.717) is 22.5 Å². The topological polar surface area (TPSA) is 107 Å². The Bertz CT molecular complexity index is 1400. The van der Waals surface area contributed by atoms with Crippen LogP contribution >= 0.6 is 0 Å². The number of fused-ring (bicyclic) bond motifs is 1. The van der Waals surface area contributed by atoms with Crippen molar-refractivity contribution in [3.8, 4) is 0 Å². The first-order valence-corrected chi connectivity index (χ1v) is 13.2. The van der Waals surface area contributed by atoms with Crippen LogP contribution in [0.5, 0.6) is 0 Å². The average Bonchev–Trinajstić information content (AvgIpc) is 2.86. The molecule has 0 spiro atoms. The molecular formula is C24H22F7N3O5S. The number of hydrogen-bond acceptors (Lipinski definition) is 5. The largest absolute Gasteiger partial charge is 0.430 e. The van der Waals surface area contributed by atoms with Gasteiger partial charge in [0, 0.05) is 25.1 Å². The van der Waals surface area contributed by atoms with Gasteiger partial charge in [-0.2, -0.15) is 26.3 Å². The summed E-state index contributed by atoms with van der Waals surface area (Å²) in [4.78, 5) is 25.4. The molecule has 218 valence electrons. The lowest BCUT2D eigenvalue weighted by atomic mass is 9.87. The molecule has 0 radical (unpaired) electrons. The quantitative estimate of drug-likeness (QED) is 0.516. The number of hydrogen-bond donors (Lipinski definition) is 2. The van der Waals surface area contributed by atoms with Crippen LogP contribution < -0.4 is 9.62 Å². The minimum Gasteiger partial charge on any atom is -0.369 e. The maximum Gasteiger partial charge on any atom is 0.430 e. The first-order chi connectivity index (χ1) is 18.5. The number of aryl methyl sites for hydroxylation is 1. The van der Waals surface area contributed by atoms with Crippen LogP contribution in [0.15, 0.2) is 47.4 Å². The maximum atomic E-state index is 13.7. The van der Waals surface area contributed by atoms with E-state index in [9.17, 15) is 53.8 Å². The fraction of sp³-hybridized carbons (Fsp3) is 0.417. The Morgan fingerprint density at radius 3 is 2.23 bits per heavy atom. The summed E-state index contributed by atoms with van der Waals surface area (Å²) >= 11 is 0. The highest BCUT2D eigenvalue weighted by Crippen LogP contribution is 2.51. The minimum atomic E-state index is -6.15. The number of rotatable bonds is 5. The van der Waals surface area contributed by atoms with Gasteiger partial charge in [-0.1, -0.05) is 12.1 Å². The Balaban J connectivity index is 1.80. The van der Waals surface area contributed by atoms with Crippen molar-refractivity contribution in [2.45, 2.75) is 48.2 Å². The van der Waals surface area contributed by atoms with E-state index in [4.69, 9.17) is 0 Å². The van der Waals surface area contributed by atoms with Crippen LogP contribution in [-0.4, -0.2) is 68.3 Å². The van der Waals surface area contributed by atoms with Crippen molar-refractivity contribution in [2.75, 3.05) is 23.9 Å². The molecule has 2 N–H and O–H groups in total. The van der Waals surface area contributed by atoms with Gasteiger partial charge in [0.2, 0.25) is 11.8 Å². The van der Waals surface area contributed by atoms with E-state index in [0.717, 1.165) is 24.3 Å². The average molecular weight is 598 g/mol. The van der Waals surface area contributed by atoms with E-state index < -0.39 is 68.5 Å². The zero-order valence-corrected chi connectivity index (χ0v) is 21.2. The zero-order valence-electron chi connectivity index (χ0n) is 20.4. The van der Waals surface area contributed by atoms with Crippen molar-refractivity contribution >= 4 is 27.5 Å². The van der Waals surface area contributed by atoms with Crippen LogP contribution in [-0.2, 0) is 31.6 Å². The Morgan fingerprint density at radius 1 is 1.02 bits per heavy atom. The third-order valence-electron chi connectivity index (χ3n) is 6.81. The number of benzene rings is 2. The highest BCUT2D eigenvalue weighted by Gasteiger charge is 2.71. The molecule has 0 aromatic heterocycles. The molecule has 40 heavy (non-hydrogen) atoms. The predicted octanol–water partition coefficient (Wildman–Crippen LogP) is 3.00. The zero-order chi connectivity index (χ0) is 29.7. The number of aliphatic hydroxyl groups is 1. The van der Waals surface area contributed by atoms with Crippen molar-refractivity contribution in [3.63, 3.8) is 0 Å². The van der Waals surface area contributed by atoms with Crippen LogP contribution in [0.25, 0.3) is 0 Å². The monoisotopic (exact) mass is 597 g/mol. The number of anilines is 1. The van der Waals surface area contributed by atoms with Crippen molar-refractivity contribution in [1.29, 1.82) is 0 Å². The number of carbonyl (C=O) groups is 2. The lowest BCUT2D eigenvalue weighted by molar-refractivity contribution is -0.376. The molecule has 2 aromatic rings. The third kappa shape index (κ3) is 5.21. The molecule has 8 nitrogen and oxygen atoms in total. The van der Waals surface area contributed by atoms with Crippen LogP contribution in [0.1, 0.15) is 24.0 Å². The molecule has 2 heterocycles. The Morgan fingerprint density at radius 2 is 1.65 bits per heavy atom. The number of piperazine rings is 1. The molecule has 1 atom stereocenters. The van der Waals surface area contributed by atoms with Gasteiger partial charge in [-0.15, -0.1) is 0 Å². The van der Waals surface area contributed by atoms with Crippen LogP contribution in [0, 0.1) is 5.82 Å². The highest BCUT2D eigenvalue weighted by molar-refractivity contribution is 7.92. The van der Waals surface area contributed by atoms with Crippen molar-refractivity contribution in [2.24, 2.45) is 0 Å². The standard InChI is InChI=1S/C24H22F7N3O5S/c25-16-3-6-18(7-4-16)40(38,39)34-17(12-21(36)33-10-9-32-20(35)13-33)5-1-14-11-15(2-8-19(14)34)22(37,23(26,27)28)24(29,30)31/h2-4,6-8,11,17,37H,1,5,9-10,12-13H2,(H,32,35). The molecule has 2 aliphatic rings. The molecule has 2 aliphatic heterocycles. The van der Waals surface area contributed by atoms with Crippen molar-refractivity contribution in [3.05, 3.63) is 59.4 Å². The van der Waals surface area contributed by atoms with Gasteiger partial charge in [0.05, 0.1) is 23.2 Å². The second-order valence-electron chi connectivity index (χ2n) is 9.37. The fourth-order valence-electron chi connectivity index (χ4n) is 4.76. The number of sulfonamides is 1. The molecule has 0 bridgehead atoms. The summed E-state index contributed by atoms with van der Waals surface area (Å²) in [5.41, 5.74) is -7.34. The van der Waals surface area contributed by atoms with Gasteiger partial charge in [-0.25, -0.2) is 12.8 Å². The summed E-state index contributed by atoms with van der Waals surface area (Å²) in [5.74, 6) is -1.79. The number of alkyl halides is 6. The molecule has 0 saturated carbocycles. The first kappa shape index (κ1) is 29.6. The molecule has 2 amide bonds. The maximum absolute atomic E-state index is 13.7. The van der Waals surface area contributed by atoms with Crippen molar-refractivity contribution < 1.29 is 53.8 Å². The molecular weight excluding hydrogens is 575 g/mol. The van der Waals surface area contributed by atoms with Crippen LogP contribution in [0.2, 0.25) is 0 Å². The summed E-state index contributed by atoms with van der Waals surface area (Å²) in [5, 5.41) is 12.4. The number of halogens is 7. The molecule has 16 heteroatoms. The number of nitrogens with one attached hydrogen (secondary N) is 1. The highest BCUT2D eigenvalue weighted by atomic mass is 32.2. The Kier molecular flexibility index (Phi) is 7.55. The molecule has 4 rings (SSSR count). The Labute approximate surface area is 223 Å². The fourth-order valence-corrected chi connectivity index (χ4v) is 6.48. The van der Waals surface area contributed by atoms with Gasteiger partial charge in [0.1, 0.15) is 5.82 Å². The molecule has 1 fully saturated rings. The van der Waals surface area contributed by atoms with E-state index in [-0.39, 0.29) is 43.7 Å². The van der Waals surface area contributed by atoms with E-state index >= 15 is 0 Å². The first-order valence-electron chi connectivity index (χ1n) is 11.8. The smallest absolute Gasteiger partial charge is 0.369 e. The molecule has 1 saturated heterocycles. The van der Waals surface area contributed by atoms with E-state index in [1.165, 1.54) is 4.90 Å². The molecule has 2 aromatic carbocycles. The minimum absolute atomic E-state index is 0.148. The van der Waals surface area contributed by atoms with E-state index in [1.54, 1.807) is 0 Å². The van der Waals surface area contributed by atoms with Crippen molar-refractivity contribution in [1.82, 2.24) is 10.2 Å². The van der Waals surface area contributed by atoms with Gasteiger partial charge in [0.25, 0.3) is 15.6 Å². The van der Waals surface area contributed by atoms with Gasteiger partial charge in [0.15, 0.2) is 0 Å².